The topological polar surface area (TPSA) is 63.6 Å². The van der Waals surface area contributed by atoms with Gasteiger partial charge in [-0.1, -0.05) is 25.5 Å². The molecule has 0 spiro atoms. The molecule has 0 atom stereocenters. The van der Waals surface area contributed by atoms with Gasteiger partial charge in [0.2, 0.25) is 0 Å². The van der Waals surface area contributed by atoms with Crippen LogP contribution >= 0.6 is 0 Å². The van der Waals surface area contributed by atoms with Crippen LogP contribution in [0.15, 0.2) is 23.8 Å². The number of allylic oxidation sites excluding steroid dienone is 1. The highest BCUT2D eigenvalue weighted by molar-refractivity contribution is 5.88. The van der Waals surface area contributed by atoms with E-state index in [9.17, 15) is 9.59 Å². The molecule has 0 amide bonds. The van der Waals surface area contributed by atoms with Crippen LogP contribution in [0, 0.1) is 0 Å². The maximum Gasteiger partial charge on any atom is 0.333 e. The van der Waals surface area contributed by atoms with Crippen molar-refractivity contribution in [3.05, 3.63) is 23.8 Å². The molecule has 0 fully saturated rings. The zero-order valence-electron chi connectivity index (χ0n) is 9.78. The normalized spacial score (nSPS) is 11.0. The van der Waals surface area contributed by atoms with Gasteiger partial charge in [-0.25, -0.2) is 9.59 Å². The Kier molecular flexibility index (Phi) is 6.92. The standard InChI is InChI=1S/C12H18O4/c1-4-5-6-10(8-11(13)14)7-9(2)12(15)16-3/h8H,2,4-7H2,1,3H3,(H,13,14). The number of aliphatic carboxylic acids is 1. The third-order valence-corrected chi connectivity index (χ3v) is 2.09. The van der Waals surface area contributed by atoms with E-state index in [1.807, 2.05) is 6.92 Å². The number of carboxylic acid groups (broad SMARTS) is 1. The molecule has 0 aromatic heterocycles. The Hall–Kier alpha value is -1.58. The average molecular weight is 226 g/mol. The Morgan fingerprint density at radius 3 is 2.50 bits per heavy atom. The van der Waals surface area contributed by atoms with Crippen molar-refractivity contribution < 1.29 is 19.4 Å². The van der Waals surface area contributed by atoms with Crippen LogP contribution < -0.4 is 0 Å². The largest absolute Gasteiger partial charge is 0.478 e. The number of methoxy groups -OCH3 is 1. The van der Waals surface area contributed by atoms with Crippen LogP contribution in [0.2, 0.25) is 0 Å². The Balaban J connectivity index is 4.48. The molecule has 0 aliphatic heterocycles. The smallest absolute Gasteiger partial charge is 0.333 e. The molecule has 4 nitrogen and oxygen atoms in total. The third kappa shape index (κ3) is 6.01. The first-order chi connectivity index (χ1) is 7.51. The van der Waals surface area contributed by atoms with Gasteiger partial charge in [0, 0.05) is 18.1 Å². The lowest BCUT2D eigenvalue weighted by Gasteiger charge is -2.07. The average Bonchev–Trinajstić information content (AvgIpc) is 2.23. The fourth-order valence-electron chi connectivity index (χ4n) is 1.28. The molecular weight excluding hydrogens is 208 g/mol. The van der Waals surface area contributed by atoms with E-state index in [0.29, 0.717) is 12.0 Å². The monoisotopic (exact) mass is 226 g/mol. The van der Waals surface area contributed by atoms with Crippen LogP contribution in [0.3, 0.4) is 0 Å². The molecule has 16 heavy (non-hydrogen) atoms. The van der Waals surface area contributed by atoms with Gasteiger partial charge in [0.15, 0.2) is 0 Å². The van der Waals surface area contributed by atoms with Gasteiger partial charge >= 0.3 is 11.9 Å². The minimum Gasteiger partial charge on any atom is -0.478 e. The predicted molar refractivity (Wildman–Crippen MR) is 61.0 cm³/mol. The van der Waals surface area contributed by atoms with Crippen LogP contribution in [-0.4, -0.2) is 24.2 Å². The maximum absolute atomic E-state index is 11.1. The fourth-order valence-corrected chi connectivity index (χ4v) is 1.28. The van der Waals surface area contributed by atoms with Crippen molar-refractivity contribution in [1.29, 1.82) is 0 Å². The molecule has 0 saturated heterocycles. The first kappa shape index (κ1) is 14.4. The molecule has 0 saturated carbocycles. The number of hydrogen-bond donors (Lipinski definition) is 1. The third-order valence-electron chi connectivity index (χ3n) is 2.09. The van der Waals surface area contributed by atoms with Gasteiger partial charge in [0.25, 0.3) is 0 Å². The molecule has 1 N–H and O–H groups in total. The molecular formula is C12H18O4. The highest BCUT2D eigenvalue weighted by Gasteiger charge is 2.10. The summed E-state index contributed by atoms with van der Waals surface area (Å²) >= 11 is 0. The van der Waals surface area contributed by atoms with Crippen LogP contribution in [0.1, 0.15) is 32.6 Å². The predicted octanol–water partition coefficient (Wildman–Crippen LogP) is 2.31. The number of carboxylic acids is 1. The Labute approximate surface area is 95.6 Å². The second-order valence-corrected chi connectivity index (χ2v) is 3.52. The second kappa shape index (κ2) is 7.68. The van der Waals surface area contributed by atoms with E-state index in [2.05, 4.69) is 11.3 Å². The Morgan fingerprint density at radius 2 is 2.06 bits per heavy atom. The molecule has 0 radical (unpaired) electrons. The van der Waals surface area contributed by atoms with Crippen molar-refractivity contribution in [2.75, 3.05) is 7.11 Å². The number of rotatable bonds is 7. The molecule has 0 unspecified atom stereocenters. The first-order valence-electron chi connectivity index (χ1n) is 5.19. The molecule has 90 valence electrons. The van der Waals surface area contributed by atoms with E-state index >= 15 is 0 Å². The summed E-state index contributed by atoms with van der Waals surface area (Å²) in [6.45, 7) is 5.59. The number of esters is 1. The summed E-state index contributed by atoms with van der Waals surface area (Å²) in [5, 5.41) is 8.67. The van der Waals surface area contributed by atoms with E-state index < -0.39 is 11.9 Å². The zero-order valence-corrected chi connectivity index (χ0v) is 9.78. The van der Waals surface area contributed by atoms with Crippen molar-refractivity contribution in [2.24, 2.45) is 0 Å². The molecule has 0 aromatic carbocycles. The SMILES string of the molecule is C=C(CC(=CC(=O)O)CCCC)C(=O)OC. The summed E-state index contributed by atoms with van der Waals surface area (Å²) in [4.78, 5) is 21.7. The highest BCUT2D eigenvalue weighted by atomic mass is 16.5. The van der Waals surface area contributed by atoms with Gasteiger partial charge in [0.1, 0.15) is 0 Å². The molecule has 0 heterocycles. The quantitative estimate of drug-likeness (QED) is 0.534. The van der Waals surface area contributed by atoms with Crippen molar-refractivity contribution in [2.45, 2.75) is 32.6 Å². The van der Waals surface area contributed by atoms with Gasteiger partial charge in [0.05, 0.1) is 7.11 Å². The molecule has 0 aromatic rings. The summed E-state index contributed by atoms with van der Waals surface area (Å²) in [5.74, 6) is -1.49. The van der Waals surface area contributed by atoms with Gasteiger partial charge in [-0.15, -0.1) is 0 Å². The Bertz CT molecular complexity index is 302. The van der Waals surface area contributed by atoms with Crippen molar-refractivity contribution in [1.82, 2.24) is 0 Å². The molecule has 0 aliphatic rings. The lowest BCUT2D eigenvalue weighted by atomic mass is 10.0. The van der Waals surface area contributed by atoms with Crippen molar-refractivity contribution in [3.63, 3.8) is 0 Å². The van der Waals surface area contributed by atoms with Crippen LogP contribution in [0.4, 0.5) is 0 Å². The minimum atomic E-state index is -0.997. The lowest BCUT2D eigenvalue weighted by molar-refractivity contribution is -0.136. The van der Waals surface area contributed by atoms with E-state index in [1.54, 1.807) is 0 Å². The van der Waals surface area contributed by atoms with Gasteiger partial charge < -0.3 is 9.84 Å². The molecule has 0 aliphatic carbocycles. The van der Waals surface area contributed by atoms with Gasteiger partial charge in [-0.3, -0.25) is 0 Å². The summed E-state index contributed by atoms with van der Waals surface area (Å²) in [5.41, 5.74) is 0.982. The maximum atomic E-state index is 11.1. The summed E-state index contributed by atoms with van der Waals surface area (Å²) in [6, 6.07) is 0. The zero-order chi connectivity index (χ0) is 12.6. The number of unbranched alkanes of at least 4 members (excludes halogenated alkanes) is 1. The number of hydrogen-bond acceptors (Lipinski definition) is 3. The summed E-state index contributed by atoms with van der Waals surface area (Å²) in [7, 11) is 1.28. The van der Waals surface area contributed by atoms with E-state index in [1.165, 1.54) is 7.11 Å². The van der Waals surface area contributed by atoms with E-state index in [-0.39, 0.29) is 12.0 Å². The fraction of sp³-hybridized carbons (Fsp3) is 0.500. The Morgan fingerprint density at radius 1 is 1.44 bits per heavy atom. The first-order valence-corrected chi connectivity index (χ1v) is 5.19. The summed E-state index contributed by atoms with van der Waals surface area (Å²) in [6.07, 6.45) is 3.94. The highest BCUT2D eigenvalue weighted by Crippen LogP contribution is 2.17. The number of ether oxygens (including phenoxy) is 1. The van der Waals surface area contributed by atoms with Crippen molar-refractivity contribution in [3.8, 4) is 0 Å². The molecule has 4 heteroatoms. The molecule has 0 bridgehead atoms. The number of carbonyl (C=O) groups is 2. The second-order valence-electron chi connectivity index (χ2n) is 3.52. The van der Waals surface area contributed by atoms with Crippen molar-refractivity contribution >= 4 is 11.9 Å². The van der Waals surface area contributed by atoms with Crippen LogP contribution in [0.5, 0.6) is 0 Å². The van der Waals surface area contributed by atoms with Crippen LogP contribution in [-0.2, 0) is 14.3 Å². The van der Waals surface area contributed by atoms with E-state index in [0.717, 1.165) is 18.9 Å². The molecule has 0 rings (SSSR count). The minimum absolute atomic E-state index is 0.263. The van der Waals surface area contributed by atoms with Crippen LogP contribution in [0.25, 0.3) is 0 Å². The van der Waals surface area contributed by atoms with Gasteiger partial charge in [-0.2, -0.15) is 0 Å². The summed E-state index contributed by atoms with van der Waals surface area (Å²) < 4.78 is 4.51. The van der Waals surface area contributed by atoms with E-state index in [4.69, 9.17) is 5.11 Å². The number of carbonyl (C=O) groups excluding carboxylic acids is 1. The lowest BCUT2D eigenvalue weighted by Crippen LogP contribution is -2.05. The van der Waals surface area contributed by atoms with Gasteiger partial charge in [-0.05, 0) is 12.8 Å².